The number of halogens is 1. The first kappa shape index (κ1) is 23.9. The zero-order valence-corrected chi connectivity index (χ0v) is 16.7. The molecule has 1 rings (SSSR count). The molecule has 0 saturated carbocycles. The van der Waals surface area contributed by atoms with Crippen LogP contribution < -0.4 is 11.1 Å². The fourth-order valence-corrected chi connectivity index (χ4v) is 2.87. The van der Waals surface area contributed by atoms with Gasteiger partial charge in [0.15, 0.2) is 0 Å². The van der Waals surface area contributed by atoms with Crippen molar-refractivity contribution in [2.45, 2.75) is 84.0 Å². The van der Waals surface area contributed by atoms with Gasteiger partial charge in [0.2, 0.25) is 5.91 Å². The number of unbranched alkanes of at least 4 members (excludes halogenated alkanes) is 8. The Hall–Kier alpha value is -1.06. The average Bonchev–Trinajstić information content (AvgIpc) is 2.59. The lowest BCUT2D eigenvalue weighted by Crippen LogP contribution is -2.11. The van der Waals surface area contributed by atoms with Crippen LogP contribution in [0.25, 0.3) is 0 Å². The number of nitrogens with two attached hydrogens (primary N) is 1. The molecule has 3 N–H and O–H groups in total. The maximum atomic E-state index is 11.8. The molecule has 4 heteroatoms. The minimum atomic E-state index is 0. The number of aryl methyl sites for hydroxylation is 1. The van der Waals surface area contributed by atoms with Crippen LogP contribution in [0.4, 0.5) is 5.69 Å². The minimum absolute atomic E-state index is 0. The van der Waals surface area contributed by atoms with Crippen LogP contribution in [-0.2, 0) is 11.2 Å². The van der Waals surface area contributed by atoms with Gasteiger partial charge in [0.25, 0.3) is 0 Å². The van der Waals surface area contributed by atoms with Gasteiger partial charge in [0.1, 0.15) is 0 Å². The van der Waals surface area contributed by atoms with Gasteiger partial charge in [-0.3, -0.25) is 4.79 Å². The molecule has 0 fully saturated rings. The van der Waals surface area contributed by atoms with Crippen molar-refractivity contribution in [3.8, 4) is 0 Å². The molecule has 0 bridgehead atoms. The fraction of sp³-hybridized carbons (Fsp3) is 0.667. The van der Waals surface area contributed by atoms with E-state index in [1.807, 2.05) is 12.1 Å². The Kier molecular flexibility index (Phi) is 15.7. The normalized spacial score (nSPS) is 10.3. The maximum absolute atomic E-state index is 11.8. The first-order valence-electron chi connectivity index (χ1n) is 9.85. The van der Waals surface area contributed by atoms with E-state index in [4.69, 9.17) is 5.73 Å². The predicted molar refractivity (Wildman–Crippen MR) is 112 cm³/mol. The molecular weight excluding hydrogens is 332 g/mol. The SMILES string of the molecule is CCCCCCCCCCc1ccc(NC(=O)CCCCN)cc1.Cl. The standard InChI is InChI=1S/C21H36N2O.ClH/c1-2-3-4-5-6-7-8-9-12-19-14-16-20(17-15-19)23-21(24)13-10-11-18-22;/h14-17H,2-13,18,22H2,1H3,(H,23,24);1H. The third-order valence-electron chi connectivity index (χ3n) is 4.41. The number of nitrogens with one attached hydrogen (secondary N) is 1. The largest absolute Gasteiger partial charge is 0.330 e. The van der Waals surface area contributed by atoms with Gasteiger partial charge in [-0.2, -0.15) is 0 Å². The zero-order valence-electron chi connectivity index (χ0n) is 15.9. The molecule has 0 unspecified atom stereocenters. The Morgan fingerprint density at radius 1 is 0.880 bits per heavy atom. The summed E-state index contributed by atoms with van der Waals surface area (Å²) in [6.07, 6.45) is 14.3. The molecule has 0 atom stereocenters. The van der Waals surface area contributed by atoms with Crippen molar-refractivity contribution in [3.05, 3.63) is 29.8 Å². The molecule has 1 amide bonds. The lowest BCUT2D eigenvalue weighted by atomic mass is 10.0. The van der Waals surface area contributed by atoms with Gasteiger partial charge in [0.05, 0.1) is 0 Å². The van der Waals surface area contributed by atoms with E-state index in [-0.39, 0.29) is 18.3 Å². The number of benzene rings is 1. The van der Waals surface area contributed by atoms with E-state index in [0.29, 0.717) is 13.0 Å². The molecule has 1 aromatic carbocycles. The quantitative estimate of drug-likeness (QED) is 0.404. The van der Waals surface area contributed by atoms with E-state index in [0.717, 1.165) is 24.9 Å². The fourth-order valence-electron chi connectivity index (χ4n) is 2.87. The van der Waals surface area contributed by atoms with Crippen LogP contribution >= 0.6 is 12.4 Å². The number of hydrogen-bond donors (Lipinski definition) is 2. The smallest absolute Gasteiger partial charge is 0.224 e. The van der Waals surface area contributed by atoms with Crippen molar-refractivity contribution in [1.29, 1.82) is 0 Å². The van der Waals surface area contributed by atoms with Crippen molar-refractivity contribution >= 4 is 24.0 Å². The highest BCUT2D eigenvalue weighted by molar-refractivity contribution is 5.90. The van der Waals surface area contributed by atoms with Gasteiger partial charge in [-0.05, 0) is 49.9 Å². The van der Waals surface area contributed by atoms with Crippen molar-refractivity contribution in [2.75, 3.05) is 11.9 Å². The van der Waals surface area contributed by atoms with Gasteiger partial charge in [-0.1, -0.05) is 64.0 Å². The van der Waals surface area contributed by atoms with E-state index < -0.39 is 0 Å². The lowest BCUT2D eigenvalue weighted by molar-refractivity contribution is -0.116. The van der Waals surface area contributed by atoms with Gasteiger partial charge in [-0.15, -0.1) is 12.4 Å². The summed E-state index contributed by atoms with van der Waals surface area (Å²) in [5, 5.41) is 2.95. The van der Waals surface area contributed by atoms with Crippen LogP contribution in [0.5, 0.6) is 0 Å². The molecule has 1 aromatic rings. The Balaban J connectivity index is 0.00000576. The predicted octanol–water partition coefficient (Wildman–Crippen LogP) is 5.86. The molecule has 0 heterocycles. The first-order valence-corrected chi connectivity index (χ1v) is 9.85. The maximum Gasteiger partial charge on any atom is 0.224 e. The summed E-state index contributed by atoms with van der Waals surface area (Å²) < 4.78 is 0. The van der Waals surface area contributed by atoms with Crippen LogP contribution in [0.15, 0.2) is 24.3 Å². The number of carbonyl (C=O) groups is 1. The van der Waals surface area contributed by atoms with Crippen molar-refractivity contribution in [3.63, 3.8) is 0 Å². The van der Waals surface area contributed by atoms with Gasteiger partial charge in [0, 0.05) is 12.1 Å². The second-order valence-corrected chi connectivity index (χ2v) is 6.72. The summed E-state index contributed by atoms with van der Waals surface area (Å²) in [5.74, 6) is 0.0827. The second-order valence-electron chi connectivity index (χ2n) is 6.72. The van der Waals surface area contributed by atoms with Crippen LogP contribution in [0.1, 0.15) is 83.1 Å². The monoisotopic (exact) mass is 368 g/mol. The highest BCUT2D eigenvalue weighted by Crippen LogP contribution is 2.14. The molecule has 0 spiro atoms. The van der Waals surface area contributed by atoms with E-state index in [1.165, 1.54) is 56.9 Å². The van der Waals surface area contributed by atoms with Crippen molar-refractivity contribution in [1.82, 2.24) is 0 Å². The highest BCUT2D eigenvalue weighted by Gasteiger charge is 2.02. The van der Waals surface area contributed by atoms with E-state index >= 15 is 0 Å². The number of anilines is 1. The highest BCUT2D eigenvalue weighted by atomic mass is 35.5. The van der Waals surface area contributed by atoms with Gasteiger partial charge >= 0.3 is 0 Å². The summed E-state index contributed by atoms with van der Waals surface area (Å²) >= 11 is 0. The number of carbonyl (C=O) groups excluding carboxylic acids is 1. The summed E-state index contributed by atoms with van der Waals surface area (Å²) in [4.78, 5) is 11.8. The number of rotatable bonds is 14. The molecular formula is C21H37ClN2O. The summed E-state index contributed by atoms with van der Waals surface area (Å²) in [6.45, 7) is 2.92. The second kappa shape index (κ2) is 16.4. The van der Waals surface area contributed by atoms with Gasteiger partial charge in [-0.25, -0.2) is 0 Å². The third-order valence-corrected chi connectivity index (χ3v) is 4.41. The minimum Gasteiger partial charge on any atom is -0.330 e. The molecule has 0 aliphatic heterocycles. The summed E-state index contributed by atoms with van der Waals surface area (Å²) in [6, 6.07) is 8.30. The topological polar surface area (TPSA) is 55.1 Å². The molecule has 3 nitrogen and oxygen atoms in total. The Bertz CT molecular complexity index is 434. The molecule has 0 aliphatic carbocycles. The third kappa shape index (κ3) is 12.9. The lowest BCUT2D eigenvalue weighted by Gasteiger charge is -2.07. The number of hydrogen-bond acceptors (Lipinski definition) is 2. The van der Waals surface area contributed by atoms with Gasteiger partial charge < -0.3 is 11.1 Å². The molecule has 0 aromatic heterocycles. The van der Waals surface area contributed by atoms with Crippen LogP contribution in [-0.4, -0.2) is 12.5 Å². The van der Waals surface area contributed by atoms with Crippen molar-refractivity contribution in [2.24, 2.45) is 5.73 Å². The van der Waals surface area contributed by atoms with E-state index in [9.17, 15) is 4.79 Å². The average molecular weight is 369 g/mol. The summed E-state index contributed by atoms with van der Waals surface area (Å²) in [7, 11) is 0. The Morgan fingerprint density at radius 3 is 2.08 bits per heavy atom. The number of amides is 1. The molecule has 0 aliphatic rings. The van der Waals surface area contributed by atoms with E-state index in [2.05, 4.69) is 24.4 Å². The van der Waals surface area contributed by atoms with Crippen LogP contribution in [0.2, 0.25) is 0 Å². The molecule has 25 heavy (non-hydrogen) atoms. The molecule has 0 radical (unpaired) electrons. The first-order chi connectivity index (χ1) is 11.8. The van der Waals surface area contributed by atoms with E-state index in [1.54, 1.807) is 0 Å². The van der Waals surface area contributed by atoms with Crippen LogP contribution in [0, 0.1) is 0 Å². The molecule has 144 valence electrons. The summed E-state index contributed by atoms with van der Waals surface area (Å²) in [5.41, 5.74) is 7.70. The van der Waals surface area contributed by atoms with Crippen LogP contribution in [0.3, 0.4) is 0 Å². The Labute approximate surface area is 160 Å². The molecule has 0 saturated heterocycles. The van der Waals surface area contributed by atoms with Crippen molar-refractivity contribution < 1.29 is 4.79 Å². The Morgan fingerprint density at radius 2 is 1.48 bits per heavy atom. The zero-order chi connectivity index (χ0) is 17.5.